The number of hydrogen-bond acceptors (Lipinski definition) is 6. The summed E-state index contributed by atoms with van der Waals surface area (Å²) in [5, 5.41) is 12.0. The van der Waals surface area contributed by atoms with Crippen LogP contribution in [0.1, 0.15) is 42.0 Å². The molecule has 2 aliphatic rings. The van der Waals surface area contributed by atoms with Gasteiger partial charge in [0.2, 0.25) is 0 Å². The maximum absolute atomic E-state index is 13.4. The smallest absolute Gasteiger partial charge is 0.683 e. The molecule has 0 fully saturated rings. The van der Waals surface area contributed by atoms with Crippen molar-refractivity contribution >= 4 is 28.5 Å². The van der Waals surface area contributed by atoms with Gasteiger partial charge in [-0.2, -0.15) is 13.2 Å². The summed E-state index contributed by atoms with van der Waals surface area (Å²) in [6, 6.07) is 8.35. The molecule has 2 aromatic heterocycles. The van der Waals surface area contributed by atoms with Gasteiger partial charge in [-0.15, -0.1) is 29.1 Å². The molecule has 0 bridgehead atoms. The van der Waals surface area contributed by atoms with Crippen molar-refractivity contribution in [1.82, 2.24) is 9.55 Å². The Morgan fingerprint density at radius 1 is 1.36 bits per heavy atom. The molecule has 0 radical (unpaired) electrons. The van der Waals surface area contributed by atoms with Gasteiger partial charge in [0.1, 0.15) is 6.61 Å². The van der Waals surface area contributed by atoms with E-state index in [2.05, 4.69) is 13.2 Å². The molecule has 5 rings (SSSR count). The van der Waals surface area contributed by atoms with E-state index in [1.807, 2.05) is 6.07 Å². The molecule has 1 aromatic carbocycles. The average Bonchev–Trinajstić information content (AvgIpc) is 3.17. The quantitative estimate of drug-likeness (QED) is 0.197. The van der Waals surface area contributed by atoms with E-state index in [1.165, 1.54) is 0 Å². The molecule has 0 saturated heterocycles. The Balaban J connectivity index is 0.00000259. The molecular weight excluding hydrogens is 670 g/mol. The number of hydrogen-bond donors (Lipinski definition) is 1. The molecule has 3 aromatic rings. The second-order valence-corrected chi connectivity index (χ2v) is 8.43. The molecular formula is C24H21ClN2O5U. The molecule has 1 N–H and O–H groups in total. The number of cyclic esters (lactones) is 1. The zero-order valence-electron chi connectivity index (χ0n) is 18.0. The van der Waals surface area contributed by atoms with Gasteiger partial charge in [0.25, 0.3) is 5.56 Å². The van der Waals surface area contributed by atoms with E-state index in [0.717, 1.165) is 22.9 Å². The fourth-order valence-electron chi connectivity index (χ4n) is 4.69. The summed E-state index contributed by atoms with van der Waals surface area (Å²) in [4.78, 5) is 30.6. The number of carbonyl (C=O) groups excluding carboxylic acids is 1. The van der Waals surface area contributed by atoms with Gasteiger partial charge in [-0.05, 0) is 42.2 Å². The number of rotatable bonds is 5. The van der Waals surface area contributed by atoms with E-state index in [0.29, 0.717) is 52.6 Å². The predicted molar refractivity (Wildman–Crippen MR) is 118 cm³/mol. The fourth-order valence-corrected chi connectivity index (χ4v) is 4.83. The van der Waals surface area contributed by atoms with Crippen molar-refractivity contribution in [3.05, 3.63) is 64.0 Å². The first-order valence-corrected chi connectivity index (χ1v) is 11.0. The minimum Gasteiger partial charge on any atom is -0.683 e. The Morgan fingerprint density at radius 3 is 2.85 bits per heavy atom. The number of ether oxygens (including phenoxy) is 2. The van der Waals surface area contributed by atoms with Gasteiger partial charge in [-0.3, -0.25) is 9.78 Å². The van der Waals surface area contributed by atoms with Gasteiger partial charge < -0.3 is 19.1 Å². The summed E-state index contributed by atoms with van der Waals surface area (Å²) < 4.78 is 11.8. The van der Waals surface area contributed by atoms with Crippen LogP contribution in [0.15, 0.2) is 23.0 Å². The topological polar surface area (TPSA) is 90.6 Å². The number of aryl methyl sites for hydroxylation is 1. The maximum atomic E-state index is 13.4. The number of nitrogens with zero attached hydrogens (tertiary/aromatic N) is 2. The molecule has 2 aliphatic heterocycles. The summed E-state index contributed by atoms with van der Waals surface area (Å²) in [7, 11) is 3.44. The van der Waals surface area contributed by atoms with Crippen molar-refractivity contribution in [2.45, 2.75) is 44.9 Å². The van der Waals surface area contributed by atoms with E-state index in [9.17, 15) is 14.7 Å². The molecule has 9 heteroatoms. The summed E-state index contributed by atoms with van der Waals surface area (Å²) in [6.45, 7) is 1.88. The molecule has 0 saturated carbocycles. The largest absolute Gasteiger partial charge is 2.00 e. The Morgan fingerprint density at radius 2 is 2.15 bits per heavy atom. The second kappa shape index (κ2) is 9.07. The van der Waals surface area contributed by atoms with Crippen molar-refractivity contribution < 1.29 is 50.5 Å². The zero-order valence-corrected chi connectivity index (χ0v) is 23.0. The average molecular weight is 691 g/mol. The van der Waals surface area contributed by atoms with E-state index in [-0.39, 0.29) is 49.7 Å². The summed E-state index contributed by atoms with van der Waals surface area (Å²) in [5.41, 5.74) is 2.37. The van der Waals surface area contributed by atoms with E-state index in [1.54, 1.807) is 23.6 Å². The van der Waals surface area contributed by atoms with E-state index in [4.69, 9.17) is 26.1 Å². The van der Waals surface area contributed by atoms with Crippen LogP contribution < -0.4 is 10.3 Å². The third-order valence-corrected chi connectivity index (χ3v) is 6.69. The van der Waals surface area contributed by atoms with Crippen LogP contribution in [0, 0.1) is 44.3 Å². The van der Waals surface area contributed by atoms with Gasteiger partial charge >= 0.3 is 37.1 Å². The van der Waals surface area contributed by atoms with Crippen LogP contribution in [-0.4, -0.2) is 26.5 Å². The van der Waals surface area contributed by atoms with Crippen LogP contribution in [0.4, 0.5) is 0 Å². The van der Waals surface area contributed by atoms with Crippen LogP contribution in [0.25, 0.3) is 22.3 Å². The minimum absolute atomic E-state index is 0. The van der Waals surface area contributed by atoms with Crippen LogP contribution in [0.3, 0.4) is 0 Å². The summed E-state index contributed by atoms with van der Waals surface area (Å²) in [6.07, 6.45) is 1.58. The van der Waals surface area contributed by atoms with E-state index < -0.39 is 11.6 Å². The Kier molecular flexibility index (Phi) is 6.67. The predicted octanol–water partition coefficient (Wildman–Crippen LogP) is 3.22. The Bertz CT molecular complexity index is 1340. The Hall–Kier alpha value is -1.85. The SMILES string of the molecule is [CH2-]Oc1[c-]cc2c(CCCCl)c3c(nc2c1)-c1cc2c(c(=O)n1C3)COC(=O)[C@]2(O)CC.[U+2]. The molecule has 7 nitrogen and oxygen atoms in total. The number of aromatic nitrogens is 2. The molecule has 168 valence electrons. The van der Waals surface area contributed by atoms with Crippen LogP contribution in [0.2, 0.25) is 0 Å². The van der Waals surface area contributed by atoms with Crippen molar-refractivity contribution in [3.63, 3.8) is 0 Å². The minimum atomic E-state index is -1.85. The third-order valence-electron chi connectivity index (χ3n) is 6.43. The molecule has 0 spiro atoms. The maximum Gasteiger partial charge on any atom is 2.00 e. The first-order valence-electron chi connectivity index (χ1n) is 10.4. The molecule has 0 amide bonds. The van der Waals surface area contributed by atoms with Crippen LogP contribution in [0.5, 0.6) is 5.75 Å². The van der Waals surface area contributed by atoms with Crippen molar-refractivity contribution in [2.24, 2.45) is 0 Å². The number of aliphatic hydroxyl groups is 1. The number of halogens is 1. The summed E-state index contributed by atoms with van der Waals surface area (Å²) >= 11 is 5.98. The van der Waals surface area contributed by atoms with Crippen molar-refractivity contribution in [2.75, 3.05) is 5.88 Å². The zero-order chi connectivity index (χ0) is 22.6. The van der Waals surface area contributed by atoms with Crippen LogP contribution >= 0.6 is 11.6 Å². The molecule has 33 heavy (non-hydrogen) atoms. The van der Waals surface area contributed by atoms with Gasteiger partial charge in [-0.1, -0.05) is 12.5 Å². The molecule has 1 atom stereocenters. The summed E-state index contributed by atoms with van der Waals surface area (Å²) in [5.74, 6) is 0.223. The number of alkyl halides is 1. The molecule has 0 aliphatic carbocycles. The number of esters is 1. The van der Waals surface area contributed by atoms with Gasteiger partial charge in [0, 0.05) is 11.4 Å². The van der Waals surface area contributed by atoms with Gasteiger partial charge in [-0.25, -0.2) is 4.79 Å². The molecule has 0 unspecified atom stereocenters. The number of fused-ring (bicyclic) bond motifs is 5. The van der Waals surface area contributed by atoms with Crippen LogP contribution in [-0.2, 0) is 34.7 Å². The van der Waals surface area contributed by atoms with Gasteiger partial charge in [0.05, 0.1) is 23.5 Å². The monoisotopic (exact) mass is 690 g/mol. The normalized spacial score (nSPS) is 18.2. The first-order chi connectivity index (χ1) is 15.4. The number of pyridine rings is 2. The van der Waals surface area contributed by atoms with Crippen molar-refractivity contribution in [1.29, 1.82) is 0 Å². The van der Waals surface area contributed by atoms with Crippen molar-refractivity contribution in [3.8, 4) is 17.1 Å². The number of carbonyl (C=O) groups is 1. The first kappa shape index (κ1) is 24.3. The standard InChI is InChI=1S/C24H21ClN2O5.U/c1-3-24(30)18-10-20-21-16(11-27(20)22(28)17(18)12-32-23(24)29)14(5-4-8-25)15-7-6-13(31-2)9-19(15)26-21;/h7,9-10,30H,2-5,8,11-12H2,1H3;/q-2;+2/t24-;/m0./s1. The Labute approximate surface area is 219 Å². The number of benzene rings is 1. The molecule has 4 heterocycles. The fraction of sp³-hybridized carbons (Fsp3) is 0.333. The third kappa shape index (κ3) is 3.63. The van der Waals surface area contributed by atoms with E-state index >= 15 is 0 Å². The second-order valence-electron chi connectivity index (χ2n) is 8.05. The van der Waals surface area contributed by atoms with Gasteiger partial charge in [0.15, 0.2) is 5.60 Å².